The van der Waals surface area contributed by atoms with Crippen LogP contribution in [0.4, 0.5) is 5.69 Å². The van der Waals surface area contributed by atoms with E-state index in [4.69, 9.17) is 4.52 Å². The SMILES string of the molecule is CC1(C)c2c(-c3noc(C4CC4)n3)ncn2-c2ccccc2N1C=O. The molecule has 1 fully saturated rings. The number of hydrogen-bond donors (Lipinski definition) is 0. The fourth-order valence-electron chi connectivity index (χ4n) is 3.58. The summed E-state index contributed by atoms with van der Waals surface area (Å²) in [7, 11) is 0. The van der Waals surface area contributed by atoms with Gasteiger partial charge in [0.25, 0.3) is 0 Å². The zero-order valence-corrected chi connectivity index (χ0v) is 14.0. The molecule has 1 aromatic carbocycles. The summed E-state index contributed by atoms with van der Waals surface area (Å²) in [4.78, 5) is 22.7. The van der Waals surface area contributed by atoms with Crippen molar-refractivity contribution in [3.8, 4) is 17.2 Å². The number of fused-ring (bicyclic) bond motifs is 3. The number of carbonyl (C=O) groups is 1. The number of hydrogen-bond acceptors (Lipinski definition) is 5. The summed E-state index contributed by atoms with van der Waals surface area (Å²) in [5.41, 5.74) is 2.70. The zero-order chi connectivity index (χ0) is 17.2. The largest absolute Gasteiger partial charge is 0.339 e. The number of anilines is 1. The highest BCUT2D eigenvalue weighted by molar-refractivity contribution is 5.85. The lowest BCUT2D eigenvalue weighted by molar-refractivity contribution is -0.108. The third kappa shape index (κ3) is 1.92. The molecule has 0 saturated heterocycles. The van der Waals surface area contributed by atoms with Gasteiger partial charge in [0, 0.05) is 5.92 Å². The highest BCUT2D eigenvalue weighted by Crippen LogP contribution is 2.45. The Hall–Kier alpha value is -2.96. The average Bonchev–Trinajstić information content (AvgIpc) is 3.16. The van der Waals surface area contributed by atoms with Crippen LogP contribution in [0.15, 0.2) is 35.1 Å². The fraction of sp³-hybridized carbons (Fsp3) is 0.333. The Labute approximate surface area is 144 Å². The molecule has 2 aromatic heterocycles. The van der Waals surface area contributed by atoms with E-state index in [1.54, 1.807) is 11.2 Å². The number of carbonyl (C=O) groups excluding carboxylic acids is 1. The lowest BCUT2D eigenvalue weighted by Gasteiger charge is -2.41. The summed E-state index contributed by atoms with van der Waals surface area (Å²) in [5, 5.41) is 4.13. The van der Waals surface area contributed by atoms with Gasteiger partial charge < -0.3 is 9.42 Å². The van der Waals surface area contributed by atoms with Crippen LogP contribution in [-0.2, 0) is 10.3 Å². The summed E-state index contributed by atoms with van der Waals surface area (Å²) < 4.78 is 7.41. The van der Waals surface area contributed by atoms with Gasteiger partial charge in [0.15, 0.2) is 0 Å². The maximum Gasteiger partial charge on any atom is 0.230 e. The van der Waals surface area contributed by atoms with Crippen LogP contribution in [0.3, 0.4) is 0 Å². The third-order valence-corrected chi connectivity index (χ3v) is 5.04. The highest BCUT2D eigenvalue weighted by atomic mass is 16.5. The quantitative estimate of drug-likeness (QED) is 0.688. The standard InChI is InChI=1S/C18H17N5O2/c1-18(2)15-14(16-20-17(25-21-16)11-7-8-11)19-9-22(15)12-5-3-4-6-13(12)23(18)10-24/h3-6,9-11H,7-8H2,1-2H3. The Morgan fingerprint density at radius 2 is 2.00 bits per heavy atom. The number of nitrogens with zero attached hydrogens (tertiary/aromatic N) is 5. The zero-order valence-electron chi connectivity index (χ0n) is 14.0. The van der Waals surface area contributed by atoms with Crippen LogP contribution < -0.4 is 4.90 Å². The molecular weight excluding hydrogens is 318 g/mol. The maximum atomic E-state index is 11.9. The van der Waals surface area contributed by atoms with Crippen LogP contribution in [0, 0.1) is 0 Å². The van der Waals surface area contributed by atoms with Crippen LogP contribution in [-0.4, -0.2) is 26.1 Å². The molecule has 0 spiro atoms. The first-order chi connectivity index (χ1) is 12.1. The monoisotopic (exact) mass is 335 g/mol. The molecule has 3 aromatic rings. The molecule has 1 aliphatic carbocycles. The molecule has 0 unspecified atom stereocenters. The molecule has 3 heterocycles. The number of imidazole rings is 1. The average molecular weight is 335 g/mol. The molecule has 5 rings (SSSR count). The minimum absolute atomic E-state index is 0.389. The van der Waals surface area contributed by atoms with Crippen molar-refractivity contribution >= 4 is 12.1 Å². The van der Waals surface area contributed by atoms with Gasteiger partial charge in [-0.3, -0.25) is 9.36 Å². The van der Waals surface area contributed by atoms with Gasteiger partial charge in [0.1, 0.15) is 12.0 Å². The van der Waals surface area contributed by atoms with Crippen molar-refractivity contribution in [2.45, 2.75) is 38.1 Å². The number of rotatable bonds is 3. The normalized spacial score (nSPS) is 17.9. The van der Waals surface area contributed by atoms with E-state index < -0.39 is 5.54 Å². The van der Waals surface area contributed by atoms with Gasteiger partial charge in [-0.2, -0.15) is 4.98 Å². The Kier molecular flexibility index (Phi) is 2.75. The van der Waals surface area contributed by atoms with Crippen molar-refractivity contribution in [2.75, 3.05) is 4.90 Å². The molecule has 0 radical (unpaired) electrons. The summed E-state index contributed by atoms with van der Waals surface area (Å²) in [6.07, 6.45) is 4.83. The molecular formula is C18H17N5O2. The van der Waals surface area contributed by atoms with Crippen LogP contribution in [0.1, 0.15) is 44.2 Å². The second-order valence-electron chi connectivity index (χ2n) is 7.07. The van der Waals surface area contributed by atoms with Crippen LogP contribution in [0.25, 0.3) is 17.2 Å². The van der Waals surface area contributed by atoms with Gasteiger partial charge in [0.05, 0.1) is 22.6 Å². The molecule has 0 bridgehead atoms. The molecule has 1 amide bonds. The first kappa shape index (κ1) is 14.4. The first-order valence-electron chi connectivity index (χ1n) is 8.37. The van der Waals surface area contributed by atoms with E-state index in [-0.39, 0.29) is 0 Å². The number of aromatic nitrogens is 4. The summed E-state index contributed by atoms with van der Waals surface area (Å²) in [6, 6.07) is 7.79. The molecule has 2 aliphatic rings. The van der Waals surface area contributed by atoms with Crippen molar-refractivity contribution in [2.24, 2.45) is 0 Å². The number of para-hydroxylation sites is 2. The Morgan fingerprint density at radius 1 is 1.24 bits per heavy atom. The van der Waals surface area contributed by atoms with E-state index in [0.29, 0.717) is 23.3 Å². The Balaban J connectivity index is 1.73. The van der Waals surface area contributed by atoms with Gasteiger partial charge >= 0.3 is 0 Å². The Morgan fingerprint density at radius 3 is 2.72 bits per heavy atom. The van der Waals surface area contributed by atoms with Gasteiger partial charge in [-0.05, 0) is 38.8 Å². The van der Waals surface area contributed by atoms with Crippen LogP contribution in [0.2, 0.25) is 0 Å². The molecule has 0 atom stereocenters. The van der Waals surface area contributed by atoms with Gasteiger partial charge in [-0.1, -0.05) is 17.3 Å². The molecule has 25 heavy (non-hydrogen) atoms. The third-order valence-electron chi connectivity index (χ3n) is 5.04. The van der Waals surface area contributed by atoms with E-state index in [1.807, 2.05) is 42.7 Å². The summed E-state index contributed by atoms with van der Waals surface area (Å²) in [6.45, 7) is 3.99. The predicted octanol–water partition coefficient (Wildman–Crippen LogP) is 3.01. The van der Waals surface area contributed by atoms with E-state index in [9.17, 15) is 4.79 Å². The molecule has 7 nitrogen and oxygen atoms in total. The lowest BCUT2D eigenvalue weighted by atomic mass is 9.92. The number of amides is 1. The minimum atomic E-state index is -0.595. The van der Waals surface area contributed by atoms with Crippen molar-refractivity contribution in [1.82, 2.24) is 19.7 Å². The maximum absolute atomic E-state index is 11.9. The van der Waals surface area contributed by atoms with Crippen LogP contribution >= 0.6 is 0 Å². The molecule has 0 N–H and O–H groups in total. The molecule has 1 saturated carbocycles. The van der Waals surface area contributed by atoms with Gasteiger partial charge in [0.2, 0.25) is 18.1 Å². The van der Waals surface area contributed by atoms with E-state index in [1.165, 1.54) is 0 Å². The molecule has 7 heteroatoms. The van der Waals surface area contributed by atoms with E-state index >= 15 is 0 Å². The van der Waals surface area contributed by atoms with E-state index in [0.717, 1.165) is 36.3 Å². The smallest absolute Gasteiger partial charge is 0.230 e. The van der Waals surface area contributed by atoms with Crippen LogP contribution in [0.5, 0.6) is 0 Å². The van der Waals surface area contributed by atoms with Crippen molar-refractivity contribution in [1.29, 1.82) is 0 Å². The molecule has 1 aliphatic heterocycles. The topological polar surface area (TPSA) is 77.1 Å². The van der Waals surface area contributed by atoms with Gasteiger partial charge in [-0.25, -0.2) is 4.98 Å². The van der Waals surface area contributed by atoms with Crippen molar-refractivity contribution < 1.29 is 9.32 Å². The highest BCUT2D eigenvalue weighted by Gasteiger charge is 2.41. The molecule has 126 valence electrons. The first-order valence-corrected chi connectivity index (χ1v) is 8.37. The second kappa shape index (κ2) is 4.78. The number of benzene rings is 1. The summed E-state index contributed by atoms with van der Waals surface area (Å²) in [5.74, 6) is 1.55. The van der Waals surface area contributed by atoms with Gasteiger partial charge in [-0.15, -0.1) is 0 Å². The van der Waals surface area contributed by atoms with E-state index in [2.05, 4.69) is 15.1 Å². The predicted molar refractivity (Wildman–Crippen MR) is 90.4 cm³/mol. The summed E-state index contributed by atoms with van der Waals surface area (Å²) >= 11 is 0. The Bertz CT molecular complexity index is 983. The second-order valence-corrected chi connectivity index (χ2v) is 7.07. The van der Waals surface area contributed by atoms with Crippen molar-refractivity contribution in [3.05, 3.63) is 42.2 Å². The minimum Gasteiger partial charge on any atom is -0.339 e. The van der Waals surface area contributed by atoms with Crippen molar-refractivity contribution in [3.63, 3.8) is 0 Å². The lowest BCUT2D eigenvalue weighted by Crippen LogP contribution is -2.45. The fourth-order valence-corrected chi connectivity index (χ4v) is 3.58.